The maximum atomic E-state index is 12.3. The first-order valence-corrected chi connectivity index (χ1v) is 7.07. The molecule has 1 aromatic carbocycles. The van der Waals surface area contributed by atoms with E-state index in [0.29, 0.717) is 17.1 Å². The average Bonchev–Trinajstić information content (AvgIpc) is 2.40. The van der Waals surface area contributed by atoms with Gasteiger partial charge in [-0.15, -0.1) is 0 Å². The van der Waals surface area contributed by atoms with Crippen LogP contribution in [0.2, 0.25) is 5.02 Å². The molecule has 1 aromatic rings. The molecular formula is C14H18ClF2NO2. The summed E-state index contributed by atoms with van der Waals surface area (Å²) in [6.07, 6.45) is 3.10. The van der Waals surface area contributed by atoms with Gasteiger partial charge in [0.05, 0.1) is 6.10 Å². The zero-order valence-corrected chi connectivity index (χ0v) is 11.7. The van der Waals surface area contributed by atoms with Gasteiger partial charge in [-0.1, -0.05) is 11.6 Å². The number of benzene rings is 1. The van der Waals surface area contributed by atoms with E-state index < -0.39 is 6.61 Å². The maximum absolute atomic E-state index is 12.3. The summed E-state index contributed by atoms with van der Waals surface area (Å²) < 4.78 is 29.2. The first-order valence-electron chi connectivity index (χ1n) is 6.69. The lowest BCUT2D eigenvalue weighted by Gasteiger charge is -2.26. The Balaban J connectivity index is 1.95. The summed E-state index contributed by atoms with van der Waals surface area (Å²) in [5.74, 6) is 0.146. The zero-order valence-electron chi connectivity index (χ0n) is 11.0. The third-order valence-electron chi connectivity index (χ3n) is 3.52. The van der Waals surface area contributed by atoms with Gasteiger partial charge < -0.3 is 15.2 Å². The molecule has 0 unspecified atom stereocenters. The van der Waals surface area contributed by atoms with Crippen molar-refractivity contribution in [1.29, 1.82) is 0 Å². The molecule has 2 rings (SSSR count). The largest absolute Gasteiger partial charge is 0.434 e. The van der Waals surface area contributed by atoms with E-state index in [9.17, 15) is 13.9 Å². The van der Waals surface area contributed by atoms with Crippen molar-refractivity contribution in [2.75, 3.05) is 0 Å². The van der Waals surface area contributed by atoms with Crippen LogP contribution in [0.5, 0.6) is 5.75 Å². The molecule has 0 bridgehead atoms. The molecule has 1 fully saturated rings. The van der Waals surface area contributed by atoms with Crippen molar-refractivity contribution in [3.05, 3.63) is 28.8 Å². The molecule has 0 spiro atoms. The molecule has 0 heterocycles. The smallest absolute Gasteiger partial charge is 0.387 e. The van der Waals surface area contributed by atoms with E-state index in [-0.39, 0.29) is 17.9 Å². The quantitative estimate of drug-likeness (QED) is 0.877. The van der Waals surface area contributed by atoms with E-state index in [0.717, 1.165) is 25.7 Å². The van der Waals surface area contributed by atoms with Gasteiger partial charge >= 0.3 is 6.61 Å². The van der Waals surface area contributed by atoms with Gasteiger partial charge in [0, 0.05) is 23.2 Å². The molecule has 0 aliphatic heterocycles. The molecule has 1 saturated carbocycles. The number of aliphatic hydroxyl groups excluding tert-OH is 1. The van der Waals surface area contributed by atoms with Crippen LogP contribution in [0.3, 0.4) is 0 Å². The first-order chi connectivity index (χ1) is 9.54. The highest BCUT2D eigenvalue weighted by atomic mass is 35.5. The monoisotopic (exact) mass is 305 g/mol. The summed E-state index contributed by atoms with van der Waals surface area (Å²) in [7, 11) is 0. The second kappa shape index (κ2) is 7.20. The zero-order chi connectivity index (χ0) is 14.5. The molecule has 0 amide bonds. The Morgan fingerprint density at radius 3 is 2.65 bits per heavy atom. The Hall–Kier alpha value is -0.910. The number of hydrogen-bond donors (Lipinski definition) is 2. The topological polar surface area (TPSA) is 41.5 Å². The Bertz CT molecular complexity index is 437. The third kappa shape index (κ3) is 4.58. The van der Waals surface area contributed by atoms with E-state index in [2.05, 4.69) is 10.1 Å². The molecule has 6 heteroatoms. The normalized spacial score (nSPS) is 23.1. The van der Waals surface area contributed by atoms with Crippen molar-refractivity contribution in [1.82, 2.24) is 5.32 Å². The van der Waals surface area contributed by atoms with Gasteiger partial charge in [0.25, 0.3) is 0 Å². The maximum Gasteiger partial charge on any atom is 0.387 e. The molecule has 1 aliphatic carbocycles. The van der Waals surface area contributed by atoms with Gasteiger partial charge in [-0.25, -0.2) is 0 Å². The molecule has 0 radical (unpaired) electrons. The van der Waals surface area contributed by atoms with E-state index in [1.54, 1.807) is 6.07 Å². The highest BCUT2D eigenvalue weighted by Crippen LogP contribution is 2.25. The van der Waals surface area contributed by atoms with Gasteiger partial charge in [0.1, 0.15) is 5.75 Å². The number of aliphatic hydroxyl groups is 1. The van der Waals surface area contributed by atoms with Crippen molar-refractivity contribution in [3.8, 4) is 5.75 Å². The minimum Gasteiger partial charge on any atom is -0.434 e. The van der Waals surface area contributed by atoms with E-state index in [1.807, 2.05) is 0 Å². The van der Waals surface area contributed by atoms with Crippen LogP contribution in [0.4, 0.5) is 8.78 Å². The predicted octanol–water partition coefficient (Wildman–Crippen LogP) is 3.33. The highest BCUT2D eigenvalue weighted by Gasteiger charge is 2.19. The Labute approximate surface area is 121 Å². The number of nitrogens with one attached hydrogen (secondary N) is 1. The SMILES string of the molecule is OC1CCC(NCc2cc(Cl)ccc2OC(F)F)CC1. The van der Waals surface area contributed by atoms with Gasteiger partial charge in [0.15, 0.2) is 0 Å². The summed E-state index contributed by atoms with van der Waals surface area (Å²) in [5.41, 5.74) is 0.615. The number of hydrogen-bond acceptors (Lipinski definition) is 3. The lowest BCUT2D eigenvalue weighted by Crippen LogP contribution is -2.34. The van der Waals surface area contributed by atoms with Crippen LogP contribution in [0.1, 0.15) is 31.2 Å². The summed E-state index contributed by atoms with van der Waals surface area (Å²) >= 11 is 5.89. The lowest BCUT2D eigenvalue weighted by atomic mass is 9.93. The minimum absolute atomic E-state index is 0.146. The van der Waals surface area contributed by atoms with Gasteiger partial charge in [0.2, 0.25) is 0 Å². The second-order valence-electron chi connectivity index (χ2n) is 5.02. The standard InChI is InChI=1S/C14H18ClF2NO2/c15-10-1-6-13(20-14(16)17)9(7-10)8-18-11-2-4-12(19)5-3-11/h1,6-7,11-12,14,18-19H,2-5,8H2. The van der Waals surface area contributed by atoms with Crippen molar-refractivity contribution in [2.45, 2.75) is 51.0 Å². The molecule has 0 saturated heterocycles. The molecule has 1 aliphatic rings. The molecule has 112 valence electrons. The number of ether oxygens (including phenoxy) is 1. The fourth-order valence-corrected chi connectivity index (χ4v) is 2.63. The number of alkyl halides is 2. The van der Waals surface area contributed by atoms with Crippen LogP contribution in [-0.4, -0.2) is 23.9 Å². The van der Waals surface area contributed by atoms with Crippen LogP contribution in [0, 0.1) is 0 Å². The Kier molecular flexibility index (Phi) is 5.57. The number of rotatable bonds is 5. The van der Waals surface area contributed by atoms with Crippen molar-refractivity contribution in [2.24, 2.45) is 0 Å². The lowest BCUT2D eigenvalue weighted by molar-refractivity contribution is -0.0505. The van der Waals surface area contributed by atoms with Crippen LogP contribution in [-0.2, 0) is 6.54 Å². The minimum atomic E-state index is -2.85. The van der Waals surface area contributed by atoms with Gasteiger partial charge in [-0.3, -0.25) is 0 Å². The van der Waals surface area contributed by atoms with E-state index in [4.69, 9.17) is 11.6 Å². The third-order valence-corrected chi connectivity index (χ3v) is 3.75. The van der Waals surface area contributed by atoms with Crippen LogP contribution >= 0.6 is 11.6 Å². The van der Waals surface area contributed by atoms with Crippen LogP contribution < -0.4 is 10.1 Å². The second-order valence-corrected chi connectivity index (χ2v) is 5.45. The highest BCUT2D eigenvalue weighted by molar-refractivity contribution is 6.30. The fraction of sp³-hybridized carbons (Fsp3) is 0.571. The van der Waals surface area contributed by atoms with Crippen molar-refractivity contribution >= 4 is 11.6 Å². The molecule has 20 heavy (non-hydrogen) atoms. The Morgan fingerprint density at radius 2 is 2.00 bits per heavy atom. The average molecular weight is 306 g/mol. The summed E-state index contributed by atoms with van der Waals surface area (Å²) in [6.45, 7) is -2.43. The van der Waals surface area contributed by atoms with Crippen molar-refractivity contribution < 1.29 is 18.6 Å². The molecule has 0 atom stereocenters. The molecule has 2 N–H and O–H groups in total. The fourth-order valence-electron chi connectivity index (χ4n) is 2.43. The van der Waals surface area contributed by atoms with Crippen LogP contribution in [0.25, 0.3) is 0 Å². The van der Waals surface area contributed by atoms with Gasteiger partial charge in [-0.2, -0.15) is 8.78 Å². The summed E-state index contributed by atoms with van der Waals surface area (Å²) in [6, 6.07) is 4.90. The summed E-state index contributed by atoms with van der Waals surface area (Å²) in [5, 5.41) is 13.2. The van der Waals surface area contributed by atoms with E-state index in [1.165, 1.54) is 12.1 Å². The summed E-state index contributed by atoms with van der Waals surface area (Å²) in [4.78, 5) is 0. The molecule has 3 nitrogen and oxygen atoms in total. The Morgan fingerprint density at radius 1 is 1.30 bits per heavy atom. The van der Waals surface area contributed by atoms with E-state index >= 15 is 0 Å². The van der Waals surface area contributed by atoms with Gasteiger partial charge in [-0.05, 0) is 43.9 Å². The predicted molar refractivity (Wildman–Crippen MR) is 73.2 cm³/mol. The van der Waals surface area contributed by atoms with Crippen molar-refractivity contribution in [3.63, 3.8) is 0 Å². The first kappa shape index (κ1) is 15.5. The number of halogens is 3. The molecule has 0 aromatic heterocycles. The van der Waals surface area contributed by atoms with Crippen LogP contribution in [0.15, 0.2) is 18.2 Å². The molecular weight excluding hydrogens is 288 g/mol.